The summed E-state index contributed by atoms with van der Waals surface area (Å²) in [5.74, 6) is -0.693. The zero-order chi connectivity index (χ0) is 19.0. The summed E-state index contributed by atoms with van der Waals surface area (Å²) < 4.78 is 20.4. The van der Waals surface area contributed by atoms with Gasteiger partial charge in [-0.3, -0.25) is 0 Å². The number of halogens is 1. The van der Waals surface area contributed by atoms with Crippen LogP contribution in [0.4, 0.5) is 10.1 Å². The highest BCUT2D eigenvalue weighted by molar-refractivity contribution is 5.97. The predicted molar refractivity (Wildman–Crippen MR) is 98.5 cm³/mol. The van der Waals surface area contributed by atoms with Gasteiger partial charge in [-0.25, -0.2) is 13.7 Å². The van der Waals surface area contributed by atoms with E-state index in [1.165, 1.54) is 24.4 Å². The third-order valence-electron chi connectivity index (χ3n) is 4.93. The molecule has 140 valence electrons. The number of esters is 1. The average molecular weight is 369 g/mol. The van der Waals surface area contributed by atoms with Gasteiger partial charge >= 0.3 is 5.97 Å². The van der Waals surface area contributed by atoms with Crippen LogP contribution in [0.25, 0.3) is 5.52 Å². The molecule has 3 aromatic rings. The van der Waals surface area contributed by atoms with E-state index in [2.05, 4.69) is 10.00 Å². The zero-order valence-corrected chi connectivity index (χ0v) is 14.9. The van der Waals surface area contributed by atoms with Crippen molar-refractivity contribution in [2.75, 3.05) is 18.1 Å². The van der Waals surface area contributed by atoms with E-state index in [0.29, 0.717) is 23.3 Å². The van der Waals surface area contributed by atoms with Gasteiger partial charge in [0, 0.05) is 24.0 Å². The van der Waals surface area contributed by atoms with E-state index in [0.717, 1.165) is 25.1 Å². The SMILES string of the molecule is CCOC(=O)c1cnn2ccc(N3CCC[C@@H]3c3cc(F)ccc3O)cc12. The van der Waals surface area contributed by atoms with Crippen molar-refractivity contribution in [3.05, 3.63) is 59.7 Å². The van der Waals surface area contributed by atoms with E-state index in [4.69, 9.17) is 4.74 Å². The molecule has 6 nitrogen and oxygen atoms in total. The second-order valence-corrected chi connectivity index (χ2v) is 6.55. The number of fused-ring (bicyclic) bond motifs is 1. The number of ether oxygens (including phenoxy) is 1. The van der Waals surface area contributed by atoms with Gasteiger partial charge in [0.25, 0.3) is 0 Å². The molecule has 0 radical (unpaired) electrons. The van der Waals surface area contributed by atoms with Crippen LogP contribution in [0.2, 0.25) is 0 Å². The Hall–Kier alpha value is -3.09. The lowest BCUT2D eigenvalue weighted by atomic mass is 10.0. The molecule has 1 fully saturated rings. The van der Waals surface area contributed by atoms with Gasteiger partial charge in [0.1, 0.15) is 17.1 Å². The van der Waals surface area contributed by atoms with Crippen LogP contribution in [0.1, 0.15) is 41.7 Å². The van der Waals surface area contributed by atoms with Crippen LogP contribution in [-0.2, 0) is 4.74 Å². The number of phenols is 1. The first-order valence-electron chi connectivity index (χ1n) is 8.98. The van der Waals surface area contributed by atoms with Crippen LogP contribution in [0.15, 0.2) is 42.7 Å². The fourth-order valence-electron chi connectivity index (χ4n) is 3.71. The van der Waals surface area contributed by atoms with Crippen molar-refractivity contribution in [3.63, 3.8) is 0 Å². The summed E-state index contributed by atoms with van der Waals surface area (Å²) in [5.41, 5.74) is 2.52. The summed E-state index contributed by atoms with van der Waals surface area (Å²) in [6.07, 6.45) is 5.02. The van der Waals surface area contributed by atoms with Crippen LogP contribution >= 0.6 is 0 Å². The Balaban J connectivity index is 1.73. The summed E-state index contributed by atoms with van der Waals surface area (Å²) in [6, 6.07) is 7.69. The number of rotatable bonds is 4. The molecule has 7 heteroatoms. The molecule has 27 heavy (non-hydrogen) atoms. The Kier molecular flexibility index (Phi) is 4.43. The van der Waals surface area contributed by atoms with Gasteiger partial charge in [0.05, 0.1) is 24.4 Å². The van der Waals surface area contributed by atoms with Crippen molar-refractivity contribution in [1.29, 1.82) is 0 Å². The predicted octanol–water partition coefficient (Wildman–Crippen LogP) is 3.70. The molecule has 3 heterocycles. The Labute approximate surface area is 155 Å². The number of anilines is 1. The molecule has 1 saturated heterocycles. The molecular weight excluding hydrogens is 349 g/mol. The number of carbonyl (C=O) groups excluding carboxylic acids is 1. The summed E-state index contributed by atoms with van der Waals surface area (Å²) in [4.78, 5) is 14.3. The minimum absolute atomic E-state index is 0.0888. The first-order valence-corrected chi connectivity index (χ1v) is 8.98. The molecule has 4 rings (SSSR count). The maximum atomic E-state index is 13.7. The van der Waals surface area contributed by atoms with Gasteiger partial charge in [-0.2, -0.15) is 5.10 Å². The van der Waals surface area contributed by atoms with Crippen molar-refractivity contribution >= 4 is 17.2 Å². The monoisotopic (exact) mass is 369 g/mol. The van der Waals surface area contributed by atoms with E-state index in [1.807, 2.05) is 12.1 Å². The molecule has 0 unspecified atom stereocenters. The van der Waals surface area contributed by atoms with Crippen LogP contribution < -0.4 is 4.90 Å². The second-order valence-electron chi connectivity index (χ2n) is 6.55. The van der Waals surface area contributed by atoms with E-state index in [9.17, 15) is 14.3 Å². The zero-order valence-electron chi connectivity index (χ0n) is 14.9. The van der Waals surface area contributed by atoms with Crippen LogP contribution in [0.5, 0.6) is 5.75 Å². The normalized spacial score (nSPS) is 16.8. The summed E-state index contributed by atoms with van der Waals surface area (Å²) in [5, 5.41) is 14.4. The highest BCUT2D eigenvalue weighted by atomic mass is 19.1. The third-order valence-corrected chi connectivity index (χ3v) is 4.93. The van der Waals surface area contributed by atoms with Gasteiger partial charge in [-0.05, 0) is 50.1 Å². The quantitative estimate of drug-likeness (QED) is 0.711. The summed E-state index contributed by atoms with van der Waals surface area (Å²) in [7, 11) is 0. The van der Waals surface area contributed by atoms with Crippen molar-refractivity contribution in [1.82, 2.24) is 9.61 Å². The minimum Gasteiger partial charge on any atom is -0.508 e. The van der Waals surface area contributed by atoms with E-state index >= 15 is 0 Å². The molecule has 0 aliphatic carbocycles. The maximum Gasteiger partial charge on any atom is 0.341 e. The van der Waals surface area contributed by atoms with Gasteiger partial charge < -0.3 is 14.7 Å². The number of hydrogen-bond acceptors (Lipinski definition) is 5. The Morgan fingerprint density at radius 1 is 1.37 bits per heavy atom. The van der Waals surface area contributed by atoms with Gasteiger partial charge in [-0.1, -0.05) is 0 Å². The van der Waals surface area contributed by atoms with Crippen LogP contribution in [-0.4, -0.2) is 33.8 Å². The topological polar surface area (TPSA) is 67.1 Å². The van der Waals surface area contributed by atoms with Gasteiger partial charge in [0.15, 0.2) is 0 Å². The Morgan fingerprint density at radius 3 is 3.04 bits per heavy atom. The molecule has 0 amide bonds. The molecule has 1 atom stereocenters. The summed E-state index contributed by atoms with van der Waals surface area (Å²) in [6.45, 7) is 2.83. The number of carbonyl (C=O) groups is 1. The molecule has 0 saturated carbocycles. The molecule has 1 aliphatic heterocycles. The number of phenolic OH excluding ortho intramolecular Hbond substituents is 1. The Morgan fingerprint density at radius 2 is 2.22 bits per heavy atom. The molecule has 1 aliphatic rings. The lowest BCUT2D eigenvalue weighted by molar-refractivity contribution is 0.0528. The van der Waals surface area contributed by atoms with E-state index in [1.54, 1.807) is 17.6 Å². The standard InChI is InChI=1S/C20H20FN3O3/c1-2-27-20(26)16-12-22-24-9-7-14(11-18(16)24)23-8-3-4-17(23)15-10-13(21)5-6-19(15)25/h5-7,9-12,17,25H,2-4,8H2,1H3/t17-/m1/s1. The fourth-order valence-corrected chi connectivity index (χ4v) is 3.71. The van der Waals surface area contributed by atoms with Crippen molar-refractivity contribution in [2.24, 2.45) is 0 Å². The Bertz CT molecular complexity index is 1000. The largest absolute Gasteiger partial charge is 0.508 e. The molecule has 0 bridgehead atoms. The highest BCUT2D eigenvalue weighted by Crippen LogP contribution is 2.40. The number of hydrogen-bond donors (Lipinski definition) is 1. The fraction of sp³-hybridized carbons (Fsp3) is 0.300. The minimum atomic E-state index is -0.412. The number of pyridine rings is 1. The van der Waals surface area contributed by atoms with Gasteiger partial charge in [-0.15, -0.1) is 0 Å². The average Bonchev–Trinajstić information content (AvgIpc) is 3.30. The highest BCUT2D eigenvalue weighted by Gasteiger charge is 2.29. The van der Waals surface area contributed by atoms with Gasteiger partial charge in [0.2, 0.25) is 0 Å². The van der Waals surface area contributed by atoms with Crippen LogP contribution in [0.3, 0.4) is 0 Å². The number of aromatic hydroxyl groups is 1. The van der Waals surface area contributed by atoms with Crippen molar-refractivity contribution in [2.45, 2.75) is 25.8 Å². The van der Waals surface area contributed by atoms with Crippen molar-refractivity contribution in [3.8, 4) is 5.75 Å². The lowest BCUT2D eigenvalue weighted by Crippen LogP contribution is -2.22. The lowest BCUT2D eigenvalue weighted by Gasteiger charge is -2.28. The number of nitrogens with zero attached hydrogens (tertiary/aromatic N) is 3. The van der Waals surface area contributed by atoms with E-state index < -0.39 is 5.97 Å². The van der Waals surface area contributed by atoms with Crippen LogP contribution in [0, 0.1) is 5.82 Å². The third kappa shape index (κ3) is 3.09. The first-order chi connectivity index (χ1) is 13.1. The van der Waals surface area contributed by atoms with E-state index in [-0.39, 0.29) is 17.6 Å². The number of aromatic nitrogens is 2. The maximum absolute atomic E-state index is 13.7. The molecule has 2 aromatic heterocycles. The second kappa shape index (κ2) is 6.90. The summed E-state index contributed by atoms with van der Waals surface area (Å²) >= 11 is 0. The first kappa shape index (κ1) is 17.3. The molecule has 0 spiro atoms. The number of benzene rings is 1. The molecule has 1 aromatic carbocycles. The van der Waals surface area contributed by atoms with Crippen molar-refractivity contribution < 1.29 is 19.0 Å². The molecular formula is C20H20FN3O3. The smallest absolute Gasteiger partial charge is 0.341 e. The molecule has 1 N–H and O–H groups in total.